The molecular formula is C27H32N2O6. The first-order valence-electron chi connectivity index (χ1n) is 12.1. The van der Waals surface area contributed by atoms with Gasteiger partial charge in [0, 0.05) is 24.9 Å². The van der Waals surface area contributed by atoms with Gasteiger partial charge in [-0.25, -0.2) is 4.79 Å². The van der Waals surface area contributed by atoms with Crippen molar-refractivity contribution in [3.8, 4) is 11.1 Å². The molecular weight excluding hydrogens is 448 g/mol. The van der Waals surface area contributed by atoms with Crippen LogP contribution in [0.5, 0.6) is 0 Å². The van der Waals surface area contributed by atoms with Crippen molar-refractivity contribution in [2.45, 2.75) is 38.2 Å². The minimum Gasteiger partial charge on any atom is -0.481 e. The number of benzene rings is 2. The highest BCUT2D eigenvalue weighted by Crippen LogP contribution is 2.44. The lowest BCUT2D eigenvalue weighted by Gasteiger charge is -2.16. The monoisotopic (exact) mass is 480 g/mol. The fourth-order valence-electron chi connectivity index (χ4n) is 4.79. The fourth-order valence-corrected chi connectivity index (χ4v) is 4.79. The van der Waals surface area contributed by atoms with Crippen LogP contribution in [-0.4, -0.2) is 55.5 Å². The van der Waals surface area contributed by atoms with E-state index in [2.05, 4.69) is 34.9 Å². The zero-order valence-electron chi connectivity index (χ0n) is 19.9. The number of carboxylic acid groups (broad SMARTS) is 1. The Morgan fingerprint density at radius 3 is 2.34 bits per heavy atom. The summed E-state index contributed by atoms with van der Waals surface area (Å²) in [5, 5.41) is 14.6. The number of amides is 2. The van der Waals surface area contributed by atoms with Crippen molar-refractivity contribution in [3.05, 3.63) is 59.7 Å². The Kier molecular flexibility index (Phi) is 8.02. The second-order valence-corrected chi connectivity index (χ2v) is 9.27. The van der Waals surface area contributed by atoms with Gasteiger partial charge in [-0.1, -0.05) is 55.5 Å². The number of ether oxygens (including phenoxy) is 2. The van der Waals surface area contributed by atoms with Crippen LogP contribution < -0.4 is 10.6 Å². The Labute approximate surface area is 205 Å². The molecule has 0 spiro atoms. The van der Waals surface area contributed by atoms with Crippen LogP contribution >= 0.6 is 0 Å². The lowest BCUT2D eigenvalue weighted by molar-refractivity contribution is -0.141. The van der Waals surface area contributed by atoms with Crippen molar-refractivity contribution in [3.63, 3.8) is 0 Å². The van der Waals surface area contributed by atoms with Crippen molar-refractivity contribution >= 4 is 18.0 Å². The van der Waals surface area contributed by atoms with Gasteiger partial charge >= 0.3 is 12.1 Å². The third-order valence-electron chi connectivity index (χ3n) is 6.81. The van der Waals surface area contributed by atoms with Gasteiger partial charge < -0.3 is 25.2 Å². The number of nitrogens with one attached hydrogen (secondary N) is 2. The highest BCUT2D eigenvalue weighted by molar-refractivity contribution is 5.79. The molecule has 1 aliphatic heterocycles. The maximum Gasteiger partial charge on any atom is 0.407 e. The van der Waals surface area contributed by atoms with E-state index in [-0.39, 0.29) is 37.1 Å². The molecule has 1 saturated heterocycles. The standard InChI is InChI=1S/C27H32N2O6/c1-17(25(30)29-14-19-13-18(15-34-19)26(31)32)7-6-12-28-27(33)35-16-24-22-10-4-2-8-20(22)21-9-3-5-11-23(21)24/h2-5,8-11,17-19,24H,6-7,12-16H2,1H3,(H,28,33)(H,29,30)(H,31,32). The summed E-state index contributed by atoms with van der Waals surface area (Å²) in [6.45, 7) is 3.01. The van der Waals surface area contributed by atoms with Gasteiger partial charge in [0.2, 0.25) is 5.91 Å². The fraction of sp³-hybridized carbons (Fsp3) is 0.444. The van der Waals surface area contributed by atoms with E-state index in [1.807, 2.05) is 31.2 Å². The summed E-state index contributed by atoms with van der Waals surface area (Å²) in [6, 6.07) is 16.4. The van der Waals surface area contributed by atoms with Crippen molar-refractivity contribution in [2.75, 3.05) is 26.3 Å². The molecule has 1 heterocycles. The van der Waals surface area contributed by atoms with Crippen LogP contribution in [0, 0.1) is 11.8 Å². The molecule has 8 heteroatoms. The Bertz CT molecular complexity index is 1030. The molecule has 3 atom stereocenters. The number of hydrogen-bond donors (Lipinski definition) is 3. The Balaban J connectivity index is 1.13. The molecule has 0 saturated carbocycles. The van der Waals surface area contributed by atoms with Gasteiger partial charge in [-0.05, 0) is 41.5 Å². The van der Waals surface area contributed by atoms with E-state index < -0.39 is 18.0 Å². The number of rotatable bonds is 10. The highest BCUT2D eigenvalue weighted by Gasteiger charge is 2.31. The second kappa shape index (κ2) is 11.4. The average molecular weight is 481 g/mol. The summed E-state index contributed by atoms with van der Waals surface area (Å²) in [5.74, 6) is -1.68. The van der Waals surface area contributed by atoms with E-state index in [0.717, 1.165) is 0 Å². The van der Waals surface area contributed by atoms with Gasteiger partial charge in [-0.15, -0.1) is 0 Å². The van der Waals surface area contributed by atoms with E-state index in [1.54, 1.807) is 0 Å². The molecule has 0 aromatic heterocycles. The summed E-state index contributed by atoms with van der Waals surface area (Å²) in [4.78, 5) is 35.5. The zero-order chi connectivity index (χ0) is 24.8. The van der Waals surface area contributed by atoms with Crippen LogP contribution in [-0.2, 0) is 19.1 Å². The van der Waals surface area contributed by atoms with E-state index in [4.69, 9.17) is 14.6 Å². The van der Waals surface area contributed by atoms with Gasteiger partial charge in [0.15, 0.2) is 0 Å². The van der Waals surface area contributed by atoms with E-state index >= 15 is 0 Å². The maximum absolute atomic E-state index is 12.3. The molecule has 186 valence electrons. The van der Waals surface area contributed by atoms with E-state index in [0.29, 0.717) is 32.4 Å². The van der Waals surface area contributed by atoms with Crippen LogP contribution in [0.4, 0.5) is 4.79 Å². The number of hydrogen-bond acceptors (Lipinski definition) is 5. The summed E-state index contributed by atoms with van der Waals surface area (Å²) >= 11 is 0. The molecule has 35 heavy (non-hydrogen) atoms. The number of alkyl carbamates (subject to hydrolysis) is 1. The van der Waals surface area contributed by atoms with Crippen LogP contribution in [0.25, 0.3) is 11.1 Å². The highest BCUT2D eigenvalue weighted by atomic mass is 16.5. The Hall–Kier alpha value is -3.39. The molecule has 0 bridgehead atoms. The molecule has 0 radical (unpaired) electrons. The quantitative estimate of drug-likeness (QED) is 0.448. The zero-order valence-corrected chi connectivity index (χ0v) is 19.9. The maximum atomic E-state index is 12.3. The number of carbonyl (C=O) groups excluding carboxylic acids is 2. The van der Waals surface area contributed by atoms with Crippen LogP contribution in [0.2, 0.25) is 0 Å². The van der Waals surface area contributed by atoms with Crippen LogP contribution in [0.1, 0.15) is 43.2 Å². The lowest BCUT2D eigenvalue weighted by atomic mass is 9.98. The first-order chi connectivity index (χ1) is 16.9. The normalized spacial score (nSPS) is 19.5. The predicted octanol–water partition coefficient (Wildman–Crippen LogP) is 3.55. The Morgan fingerprint density at radius 1 is 1.06 bits per heavy atom. The van der Waals surface area contributed by atoms with Crippen LogP contribution in [0.15, 0.2) is 48.5 Å². The van der Waals surface area contributed by atoms with Gasteiger partial charge in [-0.2, -0.15) is 0 Å². The molecule has 3 unspecified atom stereocenters. The molecule has 2 aromatic carbocycles. The molecule has 8 nitrogen and oxygen atoms in total. The first kappa shape index (κ1) is 24.7. The average Bonchev–Trinajstić information content (AvgIpc) is 3.47. The molecule has 4 rings (SSSR count). The Morgan fingerprint density at radius 2 is 1.71 bits per heavy atom. The third-order valence-corrected chi connectivity index (χ3v) is 6.81. The number of fused-ring (bicyclic) bond motifs is 3. The molecule has 1 aliphatic carbocycles. The van der Waals surface area contributed by atoms with E-state index in [1.165, 1.54) is 22.3 Å². The van der Waals surface area contributed by atoms with Crippen molar-refractivity contribution in [1.29, 1.82) is 0 Å². The summed E-state index contributed by atoms with van der Waals surface area (Å²) in [5.41, 5.74) is 4.71. The molecule has 3 N–H and O–H groups in total. The largest absolute Gasteiger partial charge is 0.481 e. The molecule has 2 aliphatic rings. The van der Waals surface area contributed by atoms with Gasteiger partial charge in [0.05, 0.1) is 18.6 Å². The predicted molar refractivity (Wildman–Crippen MR) is 130 cm³/mol. The van der Waals surface area contributed by atoms with Gasteiger partial charge in [0.25, 0.3) is 0 Å². The summed E-state index contributed by atoms with van der Waals surface area (Å²) in [6.07, 6.45) is 0.935. The van der Waals surface area contributed by atoms with Gasteiger partial charge in [0.1, 0.15) is 6.61 Å². The van der Waals surface area contributed by atoms with Crippen molar-refractivity contribution in [1.82, 2.24) is 10.6 Å². The minimum absolute atomic E-state index is 0.0199. The topological polar surface area (TPSA) is 114 Å². The number of carbonyl (C=O) groups is 3. The second-order valence-electron chi connectivity index (χ2n) is 9.27. The molecule has 2 aromatic rings. The lowest BCUT2D eigenvalue weighted by Crippen LogP contribution is -2.35. The summed E-state index contributed by atoms with van der Waals surface area (Å²) < 4.78 is 11.0. The minimum atomic E-state index is -0.865. The number of carboxylic acids is 1. The first-order valence-corrected chi connectivity index (χ1v) is 12.1. The SMILES string of the molecule is CC(CCCNC(=O)OCC1c2ccccc2-c2ccccc21)C(=O)NCC1CC(C(=O)O)CO1. The smallest absolute Gasteiger partial charge is 0.407 e. The van der Waals surface area contributed by atoms with Gasteiger partial charge in [-0.3, -0.25) is 9.59 Å². The number of aliphatic carboxylic acids is 1. The van der Waals surface area contributed by atoms with Crippen molar-refractivity contribution in [2.24, 2.45) is 11.8 Å². The van der Waals surface area contributed by atoms with Crippen LogP contribution in [0.3, 0.4) is 0 Å². The van der Waals surface area contributed by atoms with Crippen molar-refractivity contribution < 1.29 is 29.0 Å². The molecule has 2 amide bonds. The summed E-state index contributed by atoms with van der Waals surface area (Å²) in [7, 11) is 0. The van der Waals surface area contributed by atoms with E-state index in [9.17, 15) is 14.4 Å². The third kappa shape index (κ3) is 6.00. The molecule has 1 fully saturated rings.